The van der Waals surface area contributed by atoms with Gasteiger partial charge in [0.05, 0.1) is 18.6 Å². The molecule has 2 fully saturated rings. The van der Waals surface area contributed by atoms with Crippen LogP contribution < -0.4 is 0 Å². The van der Waals surface area contributed by atoms with Crippen molar-refractivity contribution < 1.29 is 29.3 Å². The third-order valence-corrected chi connectivity index (χ3v) is 11.1. The Hall–Kier alpha value is -1.22. The third kappa shape index (κ3) is 9.69. The number of piperidine rings is 2. The molecule has 46 heavy (non-hydrogen) atoms. The van der Waals surface area contributed by atoms with Gasteiger partial charge < -0.3 is 19.7 Å². The molecule has 2 N–H and O–H groups in total. The van der Waals surface area contributed by atoms with Crippen LogP contribution in [0.15, 0.2) is 0 Å². The summed E-state index contributed by atoms with van der Waals surface area (Å²) in [7, 11) is 0. The van der Waals surface area contributed by atoms with Gasteiger partial charge in [0.15, 0.2) is 5.66 Å². The Kier molecular flexibility index (Phi) is 15.5. The van der Waals surface area contributed by atoms with Crippen LogP contribution in [0.2, 0.25) is 0 Å². The first-order chi connectivity index (χ1) is 21.4. The molecule has 2 rings (SSSR count). The zero-order valence-corrected chi connectivity index (χ0v) is 31.5. The third-order valence-electron chi connectivity index (χ3n) is 11.1. The highest BCUT2D eigenvalue weighted by Gasteiger charge is 2.68. The van der Waals surface area contributed by atoms with E-state index in [2.05, 4.69) is 69.2 Å². The summed E-state index contributed by atoms with van der Waals surface area (Å²) in [5.41, 5.74) is -4.55. The van der Waals surface area contributed by atoms with Gasteiger partial charge in [-0.2, -0.15) is 0 Å². The summed E-state index contributed by atoms with van der Waals surface area (Å²) in [6.07, 6.45) is 16.1. The lowest BCUT2D eigenvalue weighted by Crippen LogP contribution is -2.85. The van der Waals surface area contributed by atoms with Crippen LogP contribution in [0.3, 0.4) is 0 Å². The number of carbonyl (C=O) groups is 2. The largest absolute Gasteiger partial charge is 0.481 e. The molecule has 0 aromatic carbocycles. The zero-order valence-electron chi connectivity index (χ0n) is 31.5. The molecule has 8 heteroatoms. The quantitative estimate of drug-likeness (QED) is 0.119. The van der Waals surface area contributed by atoms with E-state index in [1.54, 1.807) is 0 Å². The number of unbranched alkanes of at least 4 members (excludes halogenated alkanes) is 10. The molecule has 0 spiro atoms. The van der Waals surface area contributed by atoms with E-state index in [1.165, 1.54) is 51.4 Å². The van der Waals surface area contributed by atoms with Crippen molar-refractivity contribution in [2.24, 2.45) is 0 Å². The van der Waals surface area contributed by atoms with Gasteiger partial charge in [-0.05, 0) is 93.9 Å². The van der Waals surface area contributed by atoms with Crippen molar-refractivity contribution in [1.82, 2.24) is 9.80 Å². The van der Waals surface area contributed by atoms with Gasteiger partial charge in [0.2, 0.25) is 0 Å². The van der Waals surface area contributed by atoms with Crippen LogP contribution in [-0.4, -0.2) is 85.2 Å². The van der Waals surface area contributed by atoms with Crippen LogP contribution in [0, 0.1) is 0 Å². The molecule has 8 nitrogen and oxygen atoms in total. The second-order valence-corrected chi connectivity index (χ2v) is 16.6. The Morgan fingerprint density at radius 2 is 0.978 bits per heavy atom. The molecule has 0 amide bonds. The van der Waals surface area contributed by atoms with Crippen molar-refractivity contribution in [2.75, 3.05) is 13.2 Å². The number of rotatable bonds is 21. The molecule has 2 atom stereocenters. The maximum absolute atomic E-state index is 14.1. The average Bonchev–Trinajstić information content (AvgIpc) is 2.92. The topological polar surface area (TPSA) is 99.5 Å². The summed E-state index contributed by atoms with van der Waals surface area (Å²) in [5, 5.41) is 22.0. The Morgan fingerprint density at radius 1 is 0.630 bits per heavy atom. The van der Waals surface area contributed by atoms with Gasteiger partial charge in [0.1, 0.15) is 0 Å². The fourth-order valence-corrected chi connectivity index (χ4v) is 9.23. The van der Waals surface area contributed by atoms with Crippen molar-refractivity contribution in [1.29, 1.82) is 0 Å². The van der Waals surface area contributed by atoms with E-state index >= 15 is 0 Å². The molecule has 2 heterocycles. The average molecular weight is 653 g/mol. The number of carboxylic acid groups (broad SMARTS) is 2. The van der Waals surface area contributed by atoms with Crippen molar-refractivity contribution >= 4 is 11.9 Å². The van der Waals surface area contributed by atoms with E-state index in [4.69, 9.17) is 9.47 Å². The highest BCUT2D eigenvalue weighted by molar-refractivity contribution is 5.85. The molecule has 270 valence electrons. The summed E-state index contributed by atoms with van der Waals surface area (Å²) in [6, 6.07) is 0. The monoisotopic (exact) mass is 653 g/mol. The summed E-state index contributed by atoms with van der Waals surface area (Å²) in [6.45, 7) is 22.3. The molecule has 2 saturated heterocycles. The fraction of sp³-hybridized carbons (Fsp3) is 0.947. The summed E-state index contributed by atoms with van der Waals surface area (Å²) in [4.78, 5) is 31.0. The second kappa shape index (κ2) is 17.4. The van der Waals surface area contributed by atoms with E-state index < -0.39 is 46.2 Å². The predicted molar refractivity (Wildman–Crippen MR) is 187 cm³/mol. The molecule has 0 bridgehead atoms. The Morgan fingerprint density at radius 3 is 1.30 bits per heavy atom. The summed E-state index contributed by atoms with van der Waals surface area (Å²) in [5.74, 6) is -2.24. The summed E-state index contributed by atoms with van der Waals surface area (Å²) >= 11 is 0. The number of ether oxygens (including phenoxy) is 2. The second-order valence-electron chi connectivity index (χ2n) is 16.6. The molecule has 0 aromatic rings. The first-order valence-corrected chi connectivity index (χ1v) is 18.7. The van der Waals surface area contributed by atoms with Crippen molar-refractivity contribution in [2.45, 2.75) is 218 Å². The predicted octanol–water partition coefficient (Wildman–Crippen LogP) is 9.04. The first kappa shape index (κ1) is 41.0. The van der Waals surface area contributed by atoms with Gasteiger partial charge in [-0.3, -0.25) is 14.6 Å². The Balaban J connectivity index is 2.50. The molecule has 0 aromatic heterocycles. The van der Waals surface area contributed by atoms with Crippen LogP contribution in [-0.2, 0) is 19.1 Å². The maximum Gasteiger partial charge on any atom is 0.340 e. The van der Waals surface area contributed by atoms with Crippen LogP contribution in [0.25, 0.3) is 0 Å². The van der Waals surface area contributed by atoms with Gasteiger partial charge in [-0.15, -0.1) is 0 Å². The Labute approximate surface area is 282 Å². The molecule has 0 aliphatic carbocycles. The number of nitrogens with zero attached hydrogens (tertiary/aromatic N) is 2. The number of hydrogen-bond donors (Lipinski definition) is 2. The SMILES string of the molecule is CCCCCCCCOC1CCC(C)(C)N(C(CC(=O)O)(C(=O)O)N2C(C)(C)CCC(OCCCCCCCC)C2(C)C)C1(C)C. The number of carboxylic acids is 2. The van der Waals surface area contributed by atoms with Crippen LogP contribution >= 0.6 is 0 Å². The Bertz CT molecular complexity index is 887. The lowest BCUT2D eigenvalue weighted by Gasteiger charge is -2.69. The number of aliphatic carboxylic acids is 2. The minimum Gasteiger partial charge on any atom is -0.481 e. The van der Waals surface area contributed by atoms with Crippen LogP contribution in [0.1, 0.15) is 178 Å². The van der Waals surface area contributed by atoms with Crippen molar-refractivity contribution in [3.63, 3.8) is 0 Å². The van der Waals surface area contributed by atoms with Crippen LogP contribution in [0.4, 0.5) is 0 Å². The molecule has 0 saturated carbocycles. The van der Waals surface area contributed by atoms with Gasteiger partial charge in [0.25, 0.3) is 0 Å². The summed E-state index contributed by atoms with van der Waals surface area (Å²) < 4.78 is 13.2. The van der Waals surface area contributed by atoms with E-state index in [-0.39, 0.29) is 12.2 Å². The lowest BCUT2D eigenvalue weighted by atomic mass is 9.69. The van der Waals surface area contributed by atoms with E-state index in [1.807, 2.05) is 9.80 Å². The molecular formula is C38H72N2O6. The van der Waals surface area contributed by atoms with E-state index in [0.717, 1.165) is 38.5 Å². The fourth-order valence-electron chi connectivity index (χ4n) is 9.23. The normalized spacial score (nSPS) is 25.6. The molecule has 0 radical (unpaired) electrons. The maximum atomic E-state index is 14.1. The van der Waals surface area contributed by atoms with Crippen molar-refractivity contribution in [3.05, 3.63) is 0 Å². The standard InChI is InChI=1S/C38H72N2O6/c1-11-13-15-17-19-21-27-45-30-23-25-34(3,4)39(36(30,7)8)38(33(43)44,29-32(41)42)40-35(5,6)26-24-31(37(40,9)10)46-28-22-20-18-16-14-12-2/h30-31H,11-29H2,1-10H3,(H,41,42)(H,43,44). The first-order valence-electron chi connectivity index (χ1n) is 18.7. The molecular weight excluding hydrogens is 580 g/mol. The smallest absolute Gasteiger partial charge is 0.340 e. The van der Waals surface area contributed by atoms with Gasteiger partial charge in [-0.1, -0.05) is 78.1 Å². The highest BCUT2D eigenvalue weighted by Crippen LogP contribution is 2.53. The van der Waals surface area contributed by atoms with Crippen molar-refractivity contribution in [3.8, 4) is 0 Å². The van der Waals surface area contributed by atoms with Gasteiger partial charge in [0, 0.05) is 35.4 Å². The number of hydrogen-bond acceptors (Lipinski definition) is 6. The molecule has 2 unspecified atom stereocenters. The van der Waals surface area contributed by atoms with Gasteiger partial charge >= 0.3 is 11.9 Å². The van der Waals surface area contributed by atoms with E-state index in [0.29, 0.717) is 26.1 Å². The molecule has 2 aliphatic heterocycles. The van der Waals surface area contributed by atoms with Crippen LogP contribution in [0.5, 0.6) is 0 Å². The highest BCUT2D eigenvalue weighted by atomic mass is 16.5. The zero-order chi connectivity index (χ0) is 34.8. The minimum atomic E-state index is -1.84. The molecule has 2 aliphatic rings. The van der Waals surface area contributed by atoms with Gasteiger partial charge in [-0.25, -0.2) is 4.79 Å². The number of likely N-dealkylation sites (tertiary alicyclic amines) is 2. The van der Waals surface area contributed by atoms with E-state index in [9.17, 15) is 19.8 Å². The lowest BCUT2D eigenvalue weighted by molar-refractivity contribution is -0.276. The minimum absolute atomic E-state index is 0.223.